The molecule has 0 radical (unpaired) electrons. The summed E-state index contributed by atoms with van der Waals surface area (Å²) in [6.07, 6.45) is 1.01. The molecule has 0 amide bonds. The molecule has 0 heterocycles. The van der Waals surface area contributed by atoms with Crippen molar-refractivity contribution in [3.8, 4) is 5.75 Å². The van der Waals surface area contributed by atoms with Gasteiger partial charge in [0, 0.05) is 6.42 Å². The highest BCUT2D eigenvalue weighted by Gasteiger charge is 2.22. The first-order chi connectivity index (χ1) is 8.68. The summed E-state index contributed by atoms with van der Waals surface area (Å²) >= 11 is 0. The van der Waals surface area contributed by atoms with Crippen LogP contribution in [0.15, 0.2) is 6.07 Å². The smallest absolute Gasteiger partial charge is 0.305 e. The lowest BCUT2D eigenvalue weighted by Crippen LogP contribution is -2.14. The third kappa shape index (κ3) is 3.49. The molecule has 0 aliphatic rings. The Morgan fingerprint density at radius 2 is 1.84 bits per heavy atom. The van der Waals surface area contributed by atoms with E-state index in [1.165, 1.54) is 7.11 Å². The Labute approximate surface area is 115 Å². The van der Waals surface area contributed by atoms with Crippen LogP contribution in [0.25, 0.3) is 0 Å². The zero-order valence-corrected chi connectivity index (χ0v) is 12.8. The van der Waals surface area contributed by atoms with Gasteiger partial charge in [0.25, 0.3) is 0 Å². The molecule has 3 heteroatoms. The molecule has 1 rings (SSSR count). The van der Waals surface area contributed by atoms with E-state index in [0.717, 1.165) is 22.3 Å². The molecule has 0 aliphatic carbocycles. The van der Waals surface area contributed by atoms with Crippen molar-refractivity contribution in [2.24, 2.45) is 0 Å². The summed E-state index contributed by atoms with van der Waals surface area (Å²) in [4.78, 5) is 11.3. The number of benzene rings is 1. The maximum Gasteiger partial charge on any atom is 0.305 e. The van der Waals surface area contributed by atoms with Crippen molar-refractivity contribution in [2.45, 2.75) is 52.9 Å². The van der Waals surface area contributed by atoms with Gasteiger partial charge in [-0.3, -0.25) is 4.79 Å². The monoisotopic (exact) mass is 264 g/mol. The third-order valence-corrected chi connectivity index (χ3v) is 3.61. The number of hydrogen-bond acceptors (Lipinski definition) is 3. The number of methoxy groups -OCH3 is 1. The first-order valence-electron chi connectivity index (χ1n) is 6.57. The normalized spacial score (nSPS) is 11.5. The molecule has 0 fully saturated rings. The van der Waals surface area contributed by atoms with Crippen LogP contribution < -0.4 is 0 Å². The minimum absolute atomic E-state index is 0.122. The summed E-state index contributed by atoms with van der Waals surface area (Å²) in [6, 6.07) is 2.01. The van der Waals surface area contributed by atoms with E-state index in [0.29, 0.717) is 18.6 Å². The zero-order valence-electron chi connectivity index (χ0n) is 12.8. The summed E-state index contributed by atoms with van der Waals surface area (Å²) in [7, 11) is 1.40. The molecular weight excluding hydrogens is 240 g/mol. The quantitative estimate of drug-likeness (QED) is 0.851. The lowest BCUT2D eigenvalue weighted by molar-refractivity contribution is -0.140. The van der Waals surface area contributed by atoms with Crippen LogP contribution in [0.3, 0.4) is 0 Å². The largest absolute Gasteiger partial charge is 0.507 e. The maximum atomic E-state index is 11.3. The summed E-state index contributed by atoms with van der Waals surface area (Å²) in [5.74, 6) is 0.161. The van der Waals surface area contributed by atoms with E-state index in [2.05, 4.69) is 25.5 Å². The van der Waals surface area contributed by atoms with Crippen molar-refractivity contribution in [3.63, 3.8) is 0 Å². The molecule has 0 saturated heterocycles. The van der Waals surface area contributed by atoms with Crippen molar-refractivity contribution in [1.29, 1.82) is 0 Å². The first-order valence-corrected chi connectivity index (χ1v) is 6.57. The fourth-order valence-corrected chi connectivity index (χ4v) is 2.14. The molecule has 0 aromatic heterocycles. The maximum absolute atomic E-state index is 11.3. The Kier molecular flexibility index (Phi) is 4.61. The van der Waals surface area contributed by atoms with Gasteiger partial charge in [-0.15, -0.1) is 0 Å². The number of esters is 1. The Morgan fingerprint density at radius 3 is 2.32 bits per heavy atom. The second-order valence-electron chi connectivity index (χ2n) is 6.01. The van der Waals surface area contributed by atoms with Crippen LogP contribution in [0.4, 0.5) is 0 Å². The highest BCUT2D eigenvalue weighted by Crippen LogP contribution is 2.36. The van der Waals surface area contributed by atoms with Gasteiger partial charge in [-0.05, 0) is 47.9 Å². The fraction of sp³-hybridized carbons (Fsp3) is 0.562. The molecule has 0 atom stereocenters. The SMILES string of the molecule is COC(=O)CCc1cc(C(C)(C)C)c(O)c(C)c1C. The third-order valence-electron chi connectivity index (χ3n) is 3.61. The van der Waals surface area contributed by atoms with Gasteiger partial charge in [0.05, 0.1) is 7.11 Å². The van der Waals surface area contributed by atoms with Crippen molar-refractivity contribution in [2.75, 3.05) is 7.11 Å². The predicted octanol–water partition coefficient (Wildman–Crippen LogP) is 3.41. The van der Waals surface area contributed by atoms with Crippen molar-refractivity contribution >= 4 is 5.97 Å². The van der Waals surface area contributed by atoms with Crippen molar-refractivity contribution in [3.05, 3.63) is 28.3 Å². The van der Waals surface area contributed by atoms with E-state index in [1.54, 1.807) is 0 Å². The molecule has 0 aliphatic heterocycles. The average Bonchev–Trinajstić information content (AvgIpc) is 2.33. The average molecular weight is 264 g/mol. The second kappa shape index (κ2) is 5.64. The fourth-order valence-electron chi connectivity index (χ4n) is 2.14. The van der Waals surface area contributed by atoms with Gasteiger partial charge in [-0.1, -0.05) is 26.8 Å². The molecule has 1 aromatic rings. The van der Waals surface area contributed by atoms with E-state index in [9.17, 15) is 9.90 Å². The number of aromatic hydroxyl groups is 1. The molecular formula is C16H24O3. The topological polar surface area (TPSA) is 46.5 Å². The van der Waals surface area contributed by atoms with Crippen LogP contribution in [0.2, 0.25) is 0 Å². The molecule has 0 saturated carbocycles. The van der Waals surface area contributed by atoms with Crippen LogP contribution in [-0.4, -0.2) is 18.2 Å². The molecule has 1 N–H and O–H groups in total. The van der Waals surface area contributed by atoms with Crippen LogP contribution >= 0.6 is 0 Å². The van der Waals surface area contributed by atoms with Gasteiger partial charge in [0.2, 0.25) is 0 Å². The van der Waals surface area contributed by atoms with Gasteiger partial charge < -0.3 is 9.84 Å². The summed E-state index contributed by atoms with van der Waals surface area (Å²) in [5.41, 5.74) is 3.85. The molecule has 19 heavy (non-hydrogen) atoms. The lowest BCUT2D eigenvalue weighted by atomic mass is 9.82. The Bertz CT molecular complexity index is 482. The highest BCUT2D eigenvalue weighted by atomic mass is 16.5. The lowest BCUT2D eigenvalue weighted by Gasteiger charge is -2.24. The number of phenols is 1. The molecule has 0 unspecified atom stereocenters. The predicted molar refractivity (Wildman–Crippen MR) is 76.6 cm³/mol. The van der Waals surface area contributed by atoms with E-state index >= 15 is 0 Å². The van der Waals surface area contributed by atoms with Crippen molar-refractivity contribution < 1.29 is 14.6 Å². The number of aryl methyl sites for hydroxylation is 1. The second-order valence-corrected chi connectivity index (χ2v) is 6.01. The van der Waals surface area contributed by atoms with E-state index < -0.39 is 0 Å². The number of ether oxygens (including phenoxy) is 1. The number of hydrogen-bond donors (Lipinski definition) is 1. The van der Waals surface area contributed by atoms with Gasteiger partial charge in [-0.2, -0.15) is 0 Å². The van der Waals surface area contributed by atoms with Gasteiger partial charge in [0.15, 0.2) is 0 Å². The van der Waals surface area contributed by atoms with Crippen LogP contribution in [-0.2, 0) is 21.4 Å². The zero-order chi connectivity index (χ0) is 14.8. The minimum atomic E-state index is -0.206. The Hall–Kier alpha value is -1.51. The van der Waals surface area contributed by atoms with E-state index in [-0.39, 0.29) is 11.4 Å². The highest BCUT2D eigenvalue weighted by molar-refractivity contribution is 5.69. The number of phenolic OH excluding ortho intramolecular Hbond substituents is 1. The summed E-state index contributed by atoms with van der Waals surface area (Å²) < 4.78 is 4.67. The molecule has 0 bridgehead atoms. The number of carbonyl (C=O) groups excluding carboxylic acids is 1. The minimum Gasteiger partial charge on any atom is -0.507 e. The summed E-state index contributed by atoms with van der Waals surface area (Å²) in [5, 5.41) is 10.3. The molecule has 3 nitrogen and oxygen atoms in total. The standard InChI is InChI=1S/C16H24O3/c1-10-11(2)15(18)13(16(3,4)5)9-12(10)7-8-14(17)19-6/h9,18H,7-8H2,1-6H3. The van der Waals surface area contributed by atoms with Gasteiger partial charge in [0.1, 0.15) is 5.75 Å². The van der Waals surface area contributed by atoms with Crippen molar-refractivity contribution in [1.82, 2.24) is 0 Å². The van der Waals surface area contributed by atoms with Gasteiger partial charge in [-0.25, -0.2) is 0 Å². The van der Waals surface area contributed by atoms with E-state index in [4.69, 9.17) is 0 Å². The molecule has 0 spiro atoms. The van der Waals surface area contributed by atoms with E-state index in [1.807, 2.05) is 19.9 Å². The van der Waals surface area contributed by atoms with Gasteiger partial charge >= 0.3 is 5.97 Å². The van der Waals surface area contributed by atoms with Crippen LogP contribution in [0, 0.1) is 13.8 Å². The summed E-state index contributed by atoms with van der Waals surface area (Å²) in [6.45, 7) is 10.1. The Balaban J connectivity index is 3.19. The van der Waals surface area contributed by atoms with Crippen LogP contribution in [0.5, 0.6) is 5.75 Å². The molecule has 1 aromatic carbocycles. The number of carbonyl (C=O) groups is 1. The first kappa shape index (κ1) is 15.5. The van der Waals surface area contributed by atoms with Crippen LogP contribution in [0.1, 0.15) is 49.4 Å². The Morgan fingerprint density at radius 1 is 1.26 bits per heavy atom. The molecule has 106 valence electrons. The number of rotatable bonds is 3.